The normalized spacial score (nSPS) is 13.2. The molecule has 0 spiro atoms. The van der Waals surface area contributed by atoms with Crippen LogP contribution in [-0.4, -0.2) is 28.5 Å². The van der Waals surface area contributed by atoms with Gasteiger partial charge in [-0.2, -0.15) is 18.3 Å². The molecule has 1 aromatic heterocycles. The van der Waals surface area contributed by atoms with E-state index in [1.807, 2.05) is 0 Å². The van der Waals surface area contributed by atoms with E-state index in [1.165, 1.54) is 28.9 Å². The summed E-state index contributed by atoms with van der Waals surface area (Å²) in [5.41, 5.74) is 1.69. The monoisotopic (exact) mass is 453 g/mol. The summed E-state index contributed by atoms with van der Waals surface area (Å²) >= 11 is 5.94. The Labute approximate surface area is 179 Å². The third-order valence-electron chi connectivity index (χ3n) is 4.81. The van der Waals surface area contributed by atoms with E-state index in [1.54, 1.807) is 18.2 Å². The van der Waals surface area contributed by atoms with Crippen molar-refractivity contribution >= 4 is 23.2 Å². The predicted octanol–water partition coefficient (Wildman–Crippen LogP) is 5.35. The maximum absolute atomic E-state index is 14.3. The van der Waals surface area contributed by atoms with E-state index in [0.717, 1.165) is 12.1 Å². The average Bonchev–Trinajstić information content (AvgIpc) is 3.30. The first-order valence-electron chi connectivity index (χ1n) is 9.39. The van der Waals surface area contributed by atoms with Crippen molar-refractivity contribution in [3.63, 3.8) is 0 Å². The molecule has 0 aliphatic heterocycles. The Balaban J connectivity index is 1.66. The van der Waals surface area contributed by atoms with E-state index in [9.17, 15) is 22.4 Å². The smallest absolute Gasteiger partial charge is 0.422 e. The second-order valence-corrected chi connectivity index (χ2v) is 7.43. The SMILES string of the molecule is O=C(Nc1cc(Cl)ccc1OCC(F)(F)F)c1nn(-c2ccccc2F)c2c1CCC2. The highest BCUT2D eigenvalue weighted by Crippen LogP contribution is 2.32. The second-order valence-electron chi connectivity index (χ2n) is 6.99. The topological polar surface area (TPSA) is 56.1 Å². The number of nitrogens with zero attached hydrogens (tertiary/aromatic N) is 2. The molecule has 0 saturated carbocycles. The quantitative estimate of drug-likeness (QED) is 0.530. The molecule has 0 saturated heterocycles. The number of benzene rings is 2. The van der Waals surface area contributed by atoms with Gasteiger partial charge in [-0.25, -0.2) is 9.07 Å². The summed E-state index contributed by atoms with van der Waals surface area (Å²) in [5.74, 6) is -1.31. The summed E-state index contributed by atoms with van der Waals surface area (Å²) in [6.45, 7) is -1.52. The molecular formula is C21H16ClF4N3O2. The predicted molar refractivity (Wildman–Crippen MR) is 107 cm³/mol. The Morgan fingerprint density at radius 1 is 1.19 bits per heavy atom. The number of halogens is 5. The van der Waals surface area contributed by atoms with Crippen molar-refractivity contribution in [2.45, 2.75) is 25.4 Å². The van der Waals surface area contributed by atoms with Gasteiger partial charge in [0.05, 0.1) is 5.69 Å². The van der Waals surface area contributed by atoms with Crippen molar-refractivity contribution in [3.05, 3.63) is 70.3 Å². The van der Waals surface area contributed by atoms with Gasteiger partial charge < -0.3 is 10.1 Å². The Bertz CT molecular complexity index is 1140. The number of amides is 1. The molecule has 0 atom stereocenters. The van der Waals surface area contributed by atoms with Crippen LogP contribution in [0, 0.1) is 5.82 Å². The fraction of sp³-hybridized carbons (Fsp3) is 0.238. The van der Waals surface area contributed by atoms with Crippen molar-refractivity contribution in [2.24, 2.45) is 0 Å². The third-order valence-corrected chi connectivity index (χ3v) is 5.04. The first-order chi connectivity index (χ1) is 14.7. The molecule has 162 valence electrons. The summed E-state index contributed by atoms with van der Waals surface area (Å²) in [4.78, 5) is 13.0. The first-order valence-corrected chi connectivity index (χ1v) is 9.77. The minimum absolute atomic E-state index is 0.0195. The number of para-hydroxylation sites is 1. The summed E-state index contributed by atoms with van der Waals surface area (Å²) in [7, 11) is 0. The zero-order valence-electron chi connectivity index (χ0n) is 16.0. The molecule has 4 rings (SSSR count). The Morgan fingerprint density at radius 2 is 1.97 bits per heavy atom. The lowest BCUT2D eigenvalue weighted by Crippen LogP contribution is -2.21. The van der Waals surface area contributed by atoms with Crippen LogP contribution in [0.1, 0.15) is 28.2 Å². The number of hydrogen-bond acceptors (Lipinski definition) is 3. The standard InChI is InChI=1S/C21H16ClF4N3O2/c22-12-8-9-18(31-11-21(24,25)26)15(10-12)27-20(30)19-13-4-3-7-16(13)29(28-19)17-6-2-1-5-14(17)23/h1-2,5-6,8-10H,3-4,7,11H2,(H,27,30). The van der Waals surface area contributed by atoms with E-state index >= 15 is 0 Å². The van der Waals surface area contributed by atoms with Gasteiger partial charge in [0.1, 0.15) is 17.3 Å². The minimum Gasteiger partial charge on any atom is -0.482 e. The molecule has 1 N–H and O–H groups in total. The van der Waals surface area contributed by atoms with Gasteiger partial charge in [0, 0.05) is 16.3 Å². The molecule has 1 heterocycles. The van der Waals surface area contributed by atoms with Crippen molar-refractivity contribution in [2.75, 3.05) is 11.9 Å². The zero-order chi connectivity index (χ0) is 22.2. The fourth-order valence-corrected chi connectivity index (χ4v) is 3.68. The molecule has 31 heavy (non-hydrogen) atoms. The van der Waals surface area contributed by atoms with Gasteiger partial charge in [0.2, 0.25) is 0 Å². The van der Waals surface area contributed by atoms with E-state index < -0.39 is 24.5 Å². The Morgan fingerprint density at radius 3 is 2.71 bits per heavy atom. The van der Waals surface area contributed by atoms with E-state index in [2.05, 4.69) is 10.4 Å². The number of nitrogens with one attached hydrogen (secondary N) is 1. The van der Waals surface area contributed by atoms with Crippen LogP contribution < -0.4 is 10.1 Å². The van der Waals surface area contributed by atoms with Crippen LogP contribution in [0.25, 0.3) is 5.69 Å². The van der Waals surface area contributed by atoms with E-state index in [0.29, 0.717) is 18.4 Å². The number of carbonyl (C=O) groups excluding carboxylic acids is 1. The first kappa shape index (κ1) is 21.2. The molecule has 1 aliphatic carbocycles. The van der Waals surface area contributed by atoms with E-state index in [-0.39, 0.29) is 27.8 Å². The number of ether oxygens (including phenoxy) is 1. The number of aromatic nitrogens is 2. The molecule has 5 nitrogen and oxygen atoms in total. The highest BCUT2D eigenvalue weighted by atomic mass is 35.5. The number of fused-ring (bicyclic) bond motifs is 1. The minimum atomic E-state index is -4.54. The van der Waals surface area contributed by atoms with Crippen molar-refractivity contribution < 1.29 is 27.1 Å². The molecule has 0 unspecified atom stereocenters. The van der Waals surface area contributed by atoms with Gasteiger partial charge in [-0.15, -0.1) is 0 Å². The maximum atomic E-state index is 14.3. The highest BCUT2D eigenvalue weighted by Gasteiger charge is 2.30. The zero-order valence-corrected chi connectivity index (χ0v) is 16.7. The molecule has 3 aromatic rings. The molecule has 0 radical (unpaired) electrons. The number of carbonyl (C=O) groups is 1. The van der Waals surface area contributed by atoms with Crippen molar-refractivity contribution in [1.82, 2.24) is 9.78 Å². The van der Waals surface area contributed by atoms with Crippen LogP contribution >= 0.6 is 11.6 Å². The molecule has 0 bridgehead atoms. The van der Waals surface area contributed by atoms with Crippen LogP contribution in [0.5, 0.6) is 5.75 Å². The van der Waals surface area contributed by atoms with Gasteiger partial charge in [0.25, 0.3) is 5.91 Å². The molecule has 0 fully saturated rings. The molecule has 1 aliphatic rings. The fourth-order valence-electron chi connectivity index (χ4n) is 3.51. The maximum Gasteiger partial charge on any atom is 0.422 e. The second kappa shape index (κ2) is 8.22. The molecule has 1 amide bonds. The van der Waals surface area contributed by atoms with Crippen LogP contribution in [0.3, 0.4) is 0 Å². The van der Waals surface area contributed by atoms with Gasteiger partial charge in [-0.3, -0.25) is 4.79 Å². The summed E-state index contributed by atoms with van der Waals surface area (Å²) < 4.78 is 58.1. The molecule has 10 heteroatoms. The molecular weight excluding hydrogens is 438 g/mol. The highest BCUT2D eigenvalue weighted by molar-refractivity contribution is 6.31. The Hall–Kier alpha value is -3.07. The lowest BCUT2D eigenvalue weighted by Gasteiger charge is -2.14. The van der Waals surface area contributed by atoms with Crippen LogP contribution in [-0.2, 0) is 12.8 Å². The summed E-state index contributed by atoms with van der Waals surface area (Å²) in [5, 5.41) is 7.04. The van der Waals surface area contributed by atoms with Crippen LogP contribution in [0.15, 0.2) is 42.5 Å². The molecule has 2 aromatic carbocycles. The van der Waals surface area contributed by atoms with Gasteiger partial charge >= 0.3 is 6.18 Å². The van der Waals surface area contributed by atoms with Crippen molar-refractivity contribution in [3.8, 4) is 11.4 Å². The Kier molecular flexibility index (Phi) is 5.62. The number of hydrogen-bond donors (Lipinski definition) is 1. The number of rotatable bonds is 5. The van der Waals surface area contributed by atoms with Gasteiger partial charge in [0.15, 0.2) is 12.3 Å². The van der Waals surface area contributed by atoms with Crippen LogP contribution in [0.4, 0.5) is 23.2 Å². The lowest BCUT2D eigenvalue weighted by molar-refractivity contribution is -0.153. The van der Waals surface area contributed by atoms with Crippen LogP contribution in [0.2, 0.25) is 5.02 Å². The van der Waals surface area contributed by atoms with Gasteiger partial charge in [-0.05, 0) is 49.6 Å². The third kappa shape index (κ3) is 4.51. The largest absolute Gasteiger partial charge is 0.482 e. The lowest BCUT2D eigenvalue weighted by atomic mass is 10.2. The van der Waals surface area contributed by atoms with Gasteiger partial charge in [-0.1, -0.05) is 23.7 Å². The van der Waals surface area contributed by atoms with Crippen molar-refractivity contribution in [1.29, 1.82) is 0 Å². The number of alkyl halides is 3. The average molecular weight is 454 g/mol. The summed E-state index contributed by atoms with van der Waals surface area (Å²) in [6.07, 6.45) is -2.56. The van der Waals surface area contributed by atoms with E-state index in [4.69, 9.17) is 16.3 Å². The summed E-state index contributed by atoms with van der Waals surface area (Å²) in [6, 6.07) is 9.96. The number of anilines is 1.